The Hall–Kier alpha value is -1.51. The SMILES string of the molecule is SCCCCCC(Br)C(c1ccccc1)(c1ccccc1)c1ccccc1. The molecule has 0 saturated heterocycles. The standard InChI is InChI=1S/C25H27BrS/c26-24(19-11-4-12-20-27)25(21-13-5-1-6-14-21,22-15-7-2-8-16-22)23-17-9-3-10-18-23/h1-3,5-10,13-18,24,27H,4,11-12,19-20H2. The van der Waals surface area contributed by atoms with Gasteiger partial charge < -0.3 is 0 Å². The van der Waals surface area contributed by atoms with E-state index in [9.17, 15) is 0 Å². The Bertz CT molecular complexity index is 690. The summed E-state index contributed by atoms with van der Waals surface area (Å²) in [5.74, 6) is 0.966. The van der Waals surface area contributed by atoms with Gasteiger partial charge in [0, 0.05) is 4.83 Å². The molecule has 0 aliphatic carbocycles. The van der Waals surface area contributed by atoms with Gasteiger partial charge in [-0.25, -0.2) is 0 Å². The van der Waals surface area contributed by atoms with Crippen LogP contribution in [0.1, 0.15) is 42.4 Å². The van der Waals surface area contributed by atoms with Crippen molar-refractivity contribution in [2.75, 3.05) is 5.75 Å². The van der Waals surface area contributed by atoms with Crippen molar-refractivity contribution in [2.45, 2.75) is 35.9 Å². The van der Waals surface area contributed by atoms with Gasteiger partial charge in [-0.3, -0.25) is 0 Å². The molecule has 1 atom stereocenters. The normalized spacial score (nSPS) is 12.7. The minimum absolute atomic E-state index is 0.218. The summed E-state index contributed by atoms with van der Waals surface area (Å²) in [7, 11) is 0. The molecule has 1 unspecified atom stereocenters. The highest BCUT2D eigenvalue weighted by atomic mass is 79.9. The van der Waals surface area contributed by atoms with Crippen LogP contribution in [0.2, 0.25) is 0 Å². The predicted octanol–water partition coefficient (Wildman–Crippen LogP) is 7.27. The Morgan fingerprint density at radius 3 is 1.41 bits per heavy atom. The van der Waals surface area contributed by atoms with Crippen LogP contribution in [0.5, 0.6) is 0 Å². The van der Waals surface area contributed by atoms with Gasteiger partial charge in [0.05, 0.1) is 5.41 Å². The van der Waals surface area contributed by atoms with E-state index < -0.39 is 0 Å². The predicted molar refractivity (Wildman–Crippen MR) is 124 cm³/mol. The second-order valence-corrected chi connectivity index (χ2v) is 8.50. The minimum Gasteiger partial charge on any atom is -0.179 e. The van der Waals surface area contributed by atoms with Gasteiger partial charge in [-0.05, 0) is 35.3 Å². The molecule has 0 heterocycles. The van der Waals surface area contributed by atoms with Gasteiger partial charge in [0.25, 0.3) is 0 Å². The molecule has 2 heteroatoms. The average molecular weight is 439 g/mol. The van der Waals surface area contributed by atoms with Crippen LogP contribution in [-0.4, -0.2) is 10.6 Å². The topological polar surface area (TPSA) is 0 Å². The van der Waals surface area contributed by atoms with Crippen LogP contribution in [0.25, 0.3) is 0 Å². The van der Waals surface area contributed by atoms with Crippen LogP contribution in [0.4, 0.5) is 0 Å². The molecule has 0 amide bonds. The lowest BCUT2D eigenvalue weighted by atomic mass is 9.66. The lowest BCUT2D eigenvalue weighted by molar-refractivity contribution is 0.530. The number of hydrogen-bond donors (Lipinski definition) is 1. The Morgan fingerprint density at radius 2 is 1.04 bits per heavy atom. The Kier molecular flexibility index (Phi) is 7.60. The molecule has 0 aliphatic heterocycles. The minimum atomic E-state index is -0.218. The van der Waals surface area contributed by atoms with E-state index >= 15 is 0 Å². The van der Waals surface area contributed by atoms with E-state index in [0.29, 0.717) is 4.83 Å². The highest BCUT2D eigenvalue weighted by Crippen LogP contribution is 2.46. The molecule has 0 fully saturated rings. The summed E-state index contributed by atoms with van der Waals surface area (Å²) >= 11 is 8.51. The van der Waals surface area contributed by atoms with Gasteiger partial charge in [0.15, 0.2) is 0 Å². The van der Waals surface area contributed by atoms with Crippen molar-refractivity contribution < 1.29 is 0 Å². The molecule has 0 spiro atoms. The summed E-state index contributed by atoms with van der Waals surface area (Å²) in [5.41, 5.74) is 3.78. The van der Waals surface area contributed by atoms with Crippen LogP contribution in [0, 0.1) is 0 Å². The first-order valence-electron chi connectivity index (χ1n) is 9.71. The first kappa shape index (κ1) is 20.2. The van der Waals surface area contributed by atoms with Crippen LogP contribution < -0.4 is 0 Å². The molecule has 27 heavy (non-hydrogen) atoms. The first-order chi connectivity index (χ1) is 13.3. The van der Waals surface area contributed by atoms with Gasteiger partial charge in [-0.1, -0.05) is 120 Å². The van der Waals surface area contributed by atoms with E-state index in [0.717, 1.165) is 12.2 Å². The van der Waals surface area contributed by atoms with Crippen molar-refractivity contribution in [2.24, 2.45) is 0 Å². The number of halogens is 1. The summed E-state index contributed by atoms with van der Waals surface area (Å²) in [5, 5.41) is 0. The van der Waals surface area contributed by atoms with Crippen molar-refractivity contribution in [3.8, 4) is 0 Å². The third-order valence-electron chi connectivity index (χ3n) is 5.27. The largest absolute Gasteiger partial charge is 0.179 e. The fourth-order valence-electron chi connectivity index (χ4n) is 3.97. The van der Waals surface area contributed by atoms with E-state index in [4.69, 9.17) is 0 Å². The number of unbranched alkanes of at least 4 members (excludes halogenated alkanes) is 2. The molecule has 3 aromatic rings. The fourth-order valence-corrected chi connectivity index (χ4v) is 5.31. The summed E-state index contributed by atoms with van der Waals surface area (Å²) in [6.07, 6.45) is 4.72. The molecule has 3 rings (SSSR count). The molecule has 0 N–H and O–H groups in total. The average Bonchev–Trinajstić information content (AvgIpc) is 2.74. The lowest BCUT2D eigenvalue weighted by Gasteiger charge is -2.40. The summed E-state index contributed by atoms with van der Waals surface area (Å²) < 4.78 is 0. The molecular formula is C25H27BrS. The molecule has 0 aliphatic rings. The quantitative estimate of drug-likeness (QED) is 0.154. The van der Waals surface area contributed by atoms with Crippen molar-refractivity contribution in [1.29, 1.82) is 0 Å². The number of benzene rings is 3. The highest BCUT2D eigenvalue weighted by molar-refractivity contribution is 9.09. The van der Waals surface area contributed by atoms with Crippen LogP contribution in [0.3, 0.4) is 0 Å². The number of rotatable bonds is 9. The zero-order chi connectivity index (χ0) is 19.0. The zero-order valence-electron chi connectivity index (χ0n) is 15.6. The number of thiol groups is 1. The van der Waals surface area contributed by atoms with Gasteiger partial charge in [0.2, 0.25) is 0 Å². The van der Waals surface area contributed by atoms with Crippen LogP contribution in [0.15, 0.2) is 91.0 Å². The maximum atomic E-state index is 4.36. The first-order valence-corrected chi connectivity index (χ1v) is 11.3. The summed E-state index contributed by atoms with van der Waals surface area (Å²) in [6.45, 7) is 0. The monoisotopic (exact) mass is 438 g/mol. The van der Waals surface area contributed by atoms with E-state index in [1.165, 1.54) is 36.0 Å². The highest BCUT2D eigenvalue weighted by Gasteiger charge is 2.42. The smallest absolute Gasteiger partial charge is 0.0575 e. The van der Waals surface area contributed by atoms with Crippen molar-refractivity contribution in [1.82, 2.24) is 0 Å². The van der Waals surface area contributed by atoms with Crippen LogP contribution >= 0.6 is 28.6 Å². The second-order valence-electron chi connectivity index (χ2n) is 6.95. The molecule has 0 nitrogen and oxygen atoms in total. The third kappa shape index (κ3) is 4.50. The van der Waals surface area contributed by atoms with Gasteiger partial charge in [0.1, 0.15) is 0 Å². The zero-order valence-corrected chi connectivity index (χ0v) is 18.1. The van der Waals surface area contributed by atoms with Crippen molar-refractivity contribution in [3.63, 3.8) is 0 Å². The molecule has 140 valence electrons. The van der Waals surface area contributed by atoms with E-state index in [-0.39, 0.29) is 5.41 Å². The summed E-state index contributed by atoms with van der Waals surface area (Å²) in [6, 6.07) is 32.8. The Labute approximate surface area is 177 Å². The Balaban J connectivity index is 2.14. The van der Waals surface area contributed by atoms with Gasteiger partial charge in [-0.15, -0.1) is 0 Å². The van der Waals surface area contributed by atoms with E-state index in [1.807, 2.05) is 0 Å². The van der Waals surface area contributed by atoms with Crippen LogP contribution in [-0.2, 0) is 5.41 Å². The molecule has 3 aromatic carbocycles. The van der Waals surface area contributed by atoms with E-state index in [1.54, 1.807) is 0 Å². The molecule has 0 radical (unpaired) electrons. The Morgan fingerprint density at radius 1 is 0.630 bits per heavy atom. The lowest BCUT2D eigenvalue weighted by Crippen LogP contribution is -2.38. The number of hydrogen-bond acceptors (Lipinski definition) is 1. The molecule has 0 bridgehead atoms. The van der Waals surface area contributed by atoms with Gasteiger partial charge >= 0.3 is 0 Å². The summed E-state index contributed by atoms with van der Waals surface area (Å²) in [4.78, 5) is 0.303. The maximum Gasteiger partial charge on any atom is 0.0575 e. The fraction of sp³-hybridized carbons (Fsp3) is 0.280. The van der Waals surface area contributed by atoms with E-state index in [2.05, 4.69) is 120 Å². The third-order valence-corrected chi connectivity index (χ3v) is 6.73. The molecular weight excluding hydrogens is 412 g/mol. The maximum absolute atomic E-state index is 4.36. The second kappa shape index (κ2) is 10.1. The molecule has 0 aromatic heterocycles. The molecule has 0 saturated carbocycles. The van der Waals surface area contributed by atoms with Crippen molar-refractivity contribution in [3.05, 3.63) is 108 Å². The van der Waals surface area contributed by atoms with Gasteiger partial charge in [-0.2, -0.15) is 12.6 Å². The number of alkyl halides is 1. The van der Waals surface area contributed by atoms with Crippen molar-refractivity contribution >= 4 is 28.6 Å².